The lowest BCUT2D eigenvalue weighted by Crippen LogP contribution is -2.47. The van der Waals surface area contributed by atoms with E-state index in [2.05, 4.69) is 5.43 Å². The largest absolute Gasteiger partial charge is 0.343 e. The van der Waals surface area contributed by atoms with Crippen LogP contribution in [0.3, 0.4) is 0 Å². The third-order valence-corrected chi connectivity index (χ3v) is 2.86. The molecule has 5 heteroatoms. The van der Waals surface area contributed by atoms with Crippen LogP contribution in [-0.2, 0) is 4.79 Å². The molecule has 0 aliphatic carbocycles. The van der Waals surface area contributed by atoms with Crippen molar-refractivity contribution in [1.82, 2.24) is 15.3 Å². The van der Waals surface area contributed by atoms with Gasteiger partial charge < -0.3 is 10.6 Å². The molecule has 1 rings (SSSR count). The maximum Gasteiger partial charge on any atom is 0.224 e. The number of rotatable bonds is 5. The van der Waals surface area contributed by atoms with E-state index in [-0.39, 0.29) is 11.9 Å². The highest BCUT2D eigenvalue weighted by Crippen LogP contribution is 2.10. The lowest BCUT2D eigenvalue weighted by atomic mass is 10.1. The van der Waals surface area contributed by atoms with Crippen molar-refractivity contribution < 1.29 is 4.79 Å². The molecular weight excluding hydrogens is 204 g/mol. The second-order valence-electron chi connectivity index (χ2n) is 4.60. The van der Waals surface area contributed by atoms with Crippen molar-refractivity contribution in [2.75, 3.05) is 33.7 Å². The summed E-state index contributed by atoms with van der Waals surface area (Å²) in [6.07, 6.45) is 4.02. The van der Waals surface area contributed by atoms with Gasteiger partial charge in [0.15, 0.2) is 0 Å². The van der Waals surface area contributed by atoms with Gasteiger partial charge >= 0.3 is 0 Å². The van der Waals surface area contributed by atoms with Gasteiger partial charge in [0.1, 0.15) is 0 Å². The fourth-order valence-electron chi connectivity index (χ4n) is 2.03. The Morgan fingerprint density at radius 2 is 2.00 bits per heavy atom. The van der Waals surface area contributed by atoms with Crippen molar-refractivity contribution >= 4 is 5.91 Å². The number of hydrazine groups is 1. The Kier molecular flexibility index (Phi) is 5.73. The molecule has 16 heavy (non-hydrogen) atoms. The van der Waals surface area contributed by atoms with Crippen LogP contribution in [0.5, 0.6) is 0 Å². The number of hydrogen-bond acceptors (Lipinski definition) is 4. The molecule has 1 atom stereocenters. The van der Waals surface area contributed by atoms with E-state index in [9.17, 15) is 4.79 Å². The van der Waals surface area contributed by atoms with Gasteiger partial charge in [-0.2, -0.15) is 0 Å². The highest BCUT2D eigenvalue weighted by atomic mass is 16.2. The van der Waals surface area contributed by atoms with Crippen LogP contribution in [0.4, 0.5) is 0 Å². The van der Waals surface area contributed by atoms with Crippen LogP contribution in [0.15, 0.2) is 0 Å². The first kappa shape index (κ1) is 13.4. The third-order valence-electron chi connectivity index (χ3n) is 2.86. The molecule has 1 unspecified atom stereocenters. The Labute approximate surface area is 97.9 Å². The van der Waals surface area contributed by atoms with Gasteiger partial charge in [0, 0.05) is 46.2 Å². The van der Waals surface area contributed by atoms with Crippen LogP contribution in [-0.4, -0.2) is 55.6 Å². The van der Waals surface area contributed by atoms with E-state index in [4.69, 9.17) is 5.73 Å². The van der Waals surface area contributed by atoms with Crippen LogP contribution >= 0.6 is 0 Å². The fraction of sp³-hybridized carbons (Fsp3) is 0.909. The quantitative estimate of drug-likeness (QED) is 0.639. The molecule has 0 aromatic carbocycles. The van der Waals surface area contributed by atoms with E-state index in [0.717, 1.165) is 25.9 Å². The number of piperidine rings is 1. The molecule has 0 bridgehead atoms. The Bertz CT molecular complexity index is 214. The van der Waals surface area contributed by atoms with Gasteiger partial charge in [0.05, 0.1) is 0 Å². The number of carbonyl (C=O) groups is 1. The van der Waals surface area contributed by atoms with E-state index in [0.29, 0.717) is 13.0 Å². The predicted molar refractivity (Wildman–Crippen MR) is 64.7 cm³/mol. The Morgan fingerprint density at radius 1 is 1.38 bits per heavy atom. The number of amides is 1. The van der Waals surface area contributed by atoms with Gasteiger partial charge in [0.25, 0.3) is 0 Å². The van der Waals surface area contributed by atoms with Gasteiger partial charge in [-0.15, -0.1) is 0 Å². The summed E-state index contributed by atoms with van der Waals surface area (Å²) in [6.45, 7) is 2.31. The second kappa shape index (κ2) is 6.83. The van der Waals surface area contributed by atoms with Gasteiger partial charge in [-0.3, -0.25) is 15.2 Å². The average Bonchev–Trinajstić information content (AvgIpc) is 2.28. The molecule has 0 saturated carbocycles. The number of nitrogens with zero attached hydrogens (tertiary/aromatic N) is 2. The molecule has 0 aromatic rings. The topological polar surface area (TPSA) is 61.6 Å². The van der Waals surface area contributed by atoms with Gasteiger partial charge in [-0.05, 0) is 19.3 Å². The van der Waals surface area contributed by atoms with Crippen molar-refractivity contribution in [2.24, 2.45) is 5.73 Å². The normalized spacial score (nSPS) is 18.9. The minimum absolute atomic E-state index is 0.0458. The summed E-state index contributed by atoms with van der Waals surface area (Å²) in [5.74, 6) is 0.226. The second-order valence-corrected chi connectivity index (χ2v) is 4.60. The first-order chi connectivity index (χ1) is 7.63. The zero-order valence-electron chi connectivity index (χ0n) is 10.4. The van der Waals surface area contributed by atoms with E-state index < -0.39 is 0 Å². The Morgan fingerprint density at radius 3 is 2.50 bits per heavy atom. The first-order valence-electron chi connectivity index (χ1n) is 6.05. The van der Waals surface area contributed by atoms with Crippen molar-refractivity contribution in [3.63, 3.8) is 0 Å². The summed E-state index contributed by atoms with van der Waals surface area (Å²) in [6, 6.07) is 0.0458. The summed E-state index contributed by atoms with van der Waals surface area (Å²) in [5, 5.41) is 1.85. The molecule has 0 aromatic heterocycles. The van der Waals surface area contributed by atoms with Crippen LogP contribution in [0.25, 0.3) is 0 Å². The summed E-state index contributed by atoms with van der Waals surface area (Å²) in [5.41, 5.74) is 8.80. The number of likely N-dealkylation sites (tertiary alicyclic amines) is 1. The smallest absolute Gasteiger partial charge is 0.224 e. The zero-order chi connectivity index (χ0) is 12.0. The maximum absolute atomic E-state index is 12.0. The molecule has 1 fully saturated rings. The number of nitrogens with two attached hydrogens (primary N) is 1. The van der Waals surface area contributed by atoms with Crippen LogP contribution in [0.2, 0.25) is 0 Å². The van der Waals surface area contributed by atoms with Crippen molar-refractivity contribution in [1.29, 1.82) is 0 Å². The molecule has 0 radical (unpaired) electrons. The van der Waals surface area contributed by atoms with E-state index in [1.807, 2.05) is 24.0 Å². The molecule has 3 N–H and O–H groups in total. The number of hydrogen-bond donors (Lipinski definition) is 2. The molecule has 1 amide bonds. The molecule has 1 heterocycles. The predicted octanol–water partition coefficient (Wildman–Crippen LogP) is -0.217. The molecule has 1 saturated heterocycles. The first-order valence-corrected chi connectivity index (χ1v) is 6.05. The van der Waals surface area contributed by atoms with Gasteiger partial charge in [0.2, 0.25) is 5.91 Å². The highest BCUT2D eigenvalue weighted by molar-refractivity contribution is 5.76. The molecule has 0 spiro atoms. The monoisotopic (exact) mass is 228 g/mol. The minimum Gasteiger partial charge on any atom is -0.343 e. The Balaban J connectivity index is 2.35. The Hall–Kier alpha value is -0.650. The third kappa shape index (κ3) is 4.47. The molecule has 1 aliphatic heterocycles. The lowest BCUT2D eigenvalue weighted by molar-refractivity contribution is -0.132. The van der Waals surface area contributed by atoms with Crippen molar-refractivity contribution in [3.05, 3.63) is 0 Å². The zero-order valence-corrected chi connectivity index (χ0v) is 10.4. The molecule has 1 aliphatic rings. The number of carbonyl (C=O) groups excluding carboxylic acids is 1. The van der Waals surface area contributed by atoms with Gasteiger partial charge in [-0.1, -0.05) is 0 Å². The molecular formula is C11H24N4O. The van der Waals surface area contributed by atoms with Crippen LogP contribution in [0, 0.1) is 0 Å². The van der Waals surface area contributed by atoms with E-state index in [1.54, 1.807) is 0 Å². The minimum atomic E-state index is 0.0458. The molecule has 94 valence electrons. The summed E-state index contributed by atoms with van der Waals surface area (Å²) >= 11 is 0. The van der Waals surface area contributed by atoms with Crippen LogP contribution in [0.1, 0.15) is 25.7 Å². The number of nitrogens with one attached hydrogen (secondary N) is 1. The molecule has 5 nitrogen and oxygen atoms in total. The van der Waals surface area contributed by atoms with Crippen LogP contribution < -0.4 is 11.2 Å². The van der Waals surface area contributed by atoms with E-state index in [1.165, 1.54) is 6.42 Å². The average molecular weight is 228 g/mol. The van der Waals surface area contributed by atoms with Gasteiger partial charge in [-0.25, -0.2) is 0 Å². The summed E-state index contributed by atoms with van der Waals surface area (Å²) < 4.78 is 0. The summed E-state index contributed by atoms with van der Waals surface area (Å²) in [7, 11) is 3.82. The fourth-order valence-corrected chi connectivity index (χ4v) is 2.03. The maximum atomic E-state index is 12.0. The van der Waals surface area contributed by atoms with E-state index >= 15 is 0 Å². The standard InChI is InChI=1S/C11H24N4O/c1-14(2)13-10(9-12)8-11(16)15-6-4-3-5-7-15/h10,13H,3-9,12H2,1-2H3. The highest BCUT2D eigenvalue weighted by Gasteiger charge is 2.20. The van der Waals surface area contributed by atoms with Crippen molar-refractivity contribution in [3.8, 4) is 0 Å². The summed E-state index contributed by atoms with van der Waals surface area (Å²) in [4.78, 5) is 13.9. The van der Waals surface area contributed by atoms with Crippen molar-refractivity contribution in [2.45, 2.75) is 31.7 Å². The SMILES string of the molecule is CN(C)NC(CN)CC(=O)N1CCCCC1. The lowest BCUT2D eigenvalue weighted by Gasteiger charge is -2.29.